The van der Waals surface area contributed by atoms with Crippen molar-refractivity contribution in [1.82, 2.24) is 5.32 Å². The van der Waals surface area contributed by atoms with E-state index in [1.54, 1.807) is 86.0 Å². The molecule has 1 unspecified atom stereocenters. The first-order chi connectivity index (χ1) is 24.8. The van der Waals surface area contributed by atoms with Crippen molar-refractivity contribution in [2.75, 3.05) is 39.1 Å². The molecule has 0 aromatic heterocycles. The number of amides is 3. The largest absolute Gasteiger partial charge is 0.497 e. The molecule has 0 aliphatic heterocycles. The minimum Gasteiger partial charge on any atom is -0.497 e. The zero-order valence-electron chi connectivity index (χ0n) is 28.5. The van der Waals surface area contributed by atoms with E-state index in [2.05, 4.69) is 16.0 Å². The minimum absolute atomic E-state index is 0.0105. The zero-order chi connectivity index (χ0) is 36.2. The van der Waals surface area contributed by atoms with Gasteiger partial charge in [0.15, 0.2) is 0 Å². The van der Waals surface area contributed by atoms with E-state index in [1.165, 1.54) is 39.2 Å². The van der Waals surface area contributed by atoms with Gasteiger partial charge in [0.25, 0.3) is 11.8 Å². The van der Waals surface area contributed by atoms with E-state index in [4.69, 9.17) is 18.9 Å². The standard InChI is InChI=1S/C40H37N3O7S/c1-47-30-18-22-35(49-3)28(23-30)24-34(43-38(44)27-13-9-6-10-14-27)39(45)41-29-15-19-32(20-16-29)51-37(26-11-7-5-8-12-26)40(46)42-33-21-17-31(48-2)25-36(33)50-4/h5-25,37H,1-4H3,(H,41,45)(H,42,46)(H,43,44)/b34-24-. The van der Waals surface area contributed by atoms with Crippen molar-refractivity contribution < 1.29 is 33.3 Å². The predicted molar refractivity (Wildman–Crippen MR) is 200 cm³/mol. The van der Waals surface area contributed by atoms with Crippen LogP contribution in [-0.4, -0.2) is 46.2 Å². The maximum atomic E-state index is 13.7. The van der Waals surface area contributed by atoms with Crippen molar-refractivity contribution in [3.05, 3.63) is 144 Å². The van der Waals surface area contributed by atoms with E-state index >= 15 is 0 Å². The van der Waals surface area contributed by atoms with Crippen molar-refractivity contribution >= 4 is 46.9 Å². The molecule has 51 heavy (non-hydrogen) atoms. The SMILES string of the molecule is COc1ccc(OC)c(/C=C(\NC(=O)c2ccccc2)C(=O)Nc2ccc(SC(C(=O)Nc3ccc(OC)cc3OC)c3ccccc3)cc2)c1. The molecular weight excluding hydrogens is 667 g/mol. The first-order valence-electron chi connectivity index (χ1n) is 15.8. The van der Waals surface area contributed by atoms with Crippen molar-refractivity contribution in [3.63, 3.8) is 0 Å². The minimum atomic E-state index is -0.612. The number of ether oxygens (including phenoxy) is 4. The van der Waals surface area contributed by atoms with Crippen molar-refractivity contribution in [2.24, 2.45) is 0 Å². The third kappa shape index (κ3) is 9.49. The Balaban J connectivity index is 1.37. The highest BCUT2D eigenvalue weighted by Gasteiger charge is 2.24. The molecule has 3 amide bonds. The van der Waals surface area contributed by atoms with Crippen LogP contribution < -0.4 is 34.9 Å². The highest BCUT2D eigenvalue weighted by molar-refractivity contribution is 8.00. The second-order valence-corrected chi connectivity index (χ2v) is 12.1. The maximum absolute atomic E-state index is 13.7. The fourth-order valence-electron chi connectivity index (χ4n) is 5.00. The number of nitrogens with one attached hydrogen (secondary N) is 3. The Bertz CT molecular complexity index is 2000. The Labute approximate surface area is 300 Å². The van der Waals surface area contributed by atoms with Gasteiger partial charge in [0, 0.05) is 27.8 Å². The molecule has 0 saturated carbocycles. The molecule has 0 radical (unpaired) electrons. The Kier molecular flexibility index (Phi) is 12.4. The Hall–Kier alpha value is -6.20. The molecular formula is C40H37N3O7S. The summed E-state index contributed by atoms with van der Waals surface area (Å²) in [5, 5.41) is 7.99. The van der Waals surface area contributed by atoms with Crippen LogP contribution in [0.15, 0.2) is 132 Å². The summed E-state index contributed by atoms with van der Waals surface area (Å²) in [6, 6.07) is 35.5. The molecule has 0 saturated heterocycles. The summed E-state index contributed by atoms with van der Waals surface area (Å²) < 4.78 is 21.6. The lowest BCUT2D eigenvalue weighted by Gasteiger charge is -2.19. The summed E-state index contributed by atoms with van der Waals surface area (Å²) in [7, 11) is 6.14. The number of thioether (sulfide) groups is 1. The quantitative estimate of drug-likeness (QED) is 0.0798. The molecule has 5 aromatic rings. The molecule has 0 fully saturated rings. The number of benzene rings is 5. The van der Waals surface area contributed by atoms with Gasteiger partial charge >= 0.3 is 0 Å². The van der Waals surface area contributed by atoms with Crippen LogP contribution in [-0.2, 0) is 9.59 Å². The van der Waals surface area contributed by atoms with Crippen molar-refractivity contribution in [2.45, 2.75) is 10.1 Å². The Morgan fingerprint density at radius 3 is 1.92 bits per heavy atom. The second kappa shape index (κ2) is 17.5. The Morgan fingerprint density at radius 2 is 1.27 bits per heavy atom. The van der Waals surface area contributed by atoms with Gasteiger partial charge in [-0.05, 0) is 78.4 Å². The monoisotopic (exact) mass is 703 g/mol. The summed E-state index contributed by atoms with van der Waals surface area (Å²) in [5.74, 6) is 0.852. The second-order valence-electron chi connectivity index (χ2n) is 10.9. The molecule has 5 aromatic carbocycles. The summed E-state index contributed by atoms with van der Waals surface area (Å²) in [6.45, 7) is 0. The normalized spacial score (nSPS) is 11.5. The molecule has 1 atom stereocenters. The van der Waals surface area contributed by atoms with Gasteiger partial charge in [0.1, 0.15) is 33.9 Å². The number of methoxy groups -OCH3 is 4. The molecule has 0 heterocycles. The molecule has 0 bridgehead atoms. The highest BCUT2D eigenvalue weighted by atomic mass is 32.2. The van der Waals surface area contributed by atoms with Gasteiger partial charge in [0.05, 0.1) is 34.1 Å². The molecule has 0 aliphatic carbocycles. The maximum Gasteiger partial charge on any atom is 0.272 e. The van der Waals surface area contributed by atoms with E-state index in [0.717, 1.165) is 10.5 Å². The summed E-state index contributed by atoms with van der Waals surface area (Å²) in [6.07, 6.45) is 1.53. The summed E-state index contributed by atoms with van der Waals surface area (Å²) >= 11 is 1.36. The first-order valence-corrected chi connectivity index (χ1v) is 16.7. The first kappa shape index (κ1) is 36.1. The van der Waals surface area contributed by atoms with Crippen LogP contribution in [0.5, 0.6) is 23.0 Å². The van der Waals surface area contributed by atoms with Crippen LogP contribution in [0.25, 0.3) is 6.08 Å². The molecule has 11 heteroatoms. The van der Waals surface area contributed by atoms with Gasteiger partial charge in [-0.25, -0.2) is 0 Å². The number of anilines is 2. The highest BCUT2D eigenvalue weighted by Crippen LogP contribution is 2.38. The third-order valence-corrected chi connectivity index (χ3v) is 8.90. The number of carbonyl (C=O) groups is 3. The zero-order valence-corrected chi connectivity index (χ0v) is 29.3. The molecule has 10 nitrogen and oxygen atoms in total. The van der Waals surface area contributed by atoms with E-state index in [1.807, 2.05) is 42.5 Å². The van der Waals surface area contributed by atoms with Crippen LogP contribution >= 0.6 is 11.8 Å². The van der Waals surface area contributed by atoms with Crippen LogP contribution in [0.2, 0.25) is 0 Å². The number of hydrogen-bond acceptors (Lipinski definition) is 8. The lowest BCUT2D eigenvalue weighted by atomic mass is 10.1. The van der Waals surface area contributed by atoms with Gasteiger partial charge in [-0.2, -0.15) is 0 Å². The predicted octanol–water partition coefficient (Wildman–Crippen LogP) is 7.60. The van der Waals surface area contributed by atoms with Crippen molar-refractivity contribution in [1.29, 1.82) is 0 Å². The van der Waals surface area contributed by atoms with E-state index in [-0.39, 0.29) is 11.6 Å². The lowest BCUT2D eigenvalue weighted by Crippen LogP contribution is -2.30. The molecule has 3 N–H and O–H groups in total. The average Bonchev–Trinajstić information content (AvgIpc) is 3.17. The van der Waals surface area contributed by atoms with E-state index < -0.39 is 17.1 Å². The van der Waals surface area contributed by atoms with E-state index in [0.29, 0.717) is 45.5 Å². The number of carbonyl (C=O) groups excluding carboxylic acids is 3. The molecule has 0 aliphatic rings. The summed E-state index contributed by atoms with van der Waals surface area (Å²) in [5.41, 5.74) is 2.70. The van der Waals surface area contributed by atoms with Crippen LogP contribution in [0.3, 0.4) is 0 Å². The van der Waals surface area contributed by atoms with Gasteiger partial charge in [-0.3, -0.25) is 14.4 Å². The number of rotatable bonds is 14. The van der Waals surface area contributed by atoms with Gasteiger partial charge in [-0.15, -0.1) is 11.8 Å². The molecule has 260 valence electrons. The van der Waals surface area contributed by atoms with Gasteiger partial charge < -0.3 is 34.9 Å². The average molecular weight is 704 g/mol. The van der Waals surface area contributed by atoms with Crippen LogP contribution in [0.1, 0.15) is 26.7 Å². The van der Waals surface area contributed by atoms with Gasteiger partial charge in [0.2, 0.25) is 5.91 Å². The van der Waals surface area contributed by atoms with E-state index in [9.17, 15) is 14.4 Å². The fraction of sp³-hybridized carbons (Fsp3) is 0.125. The van der Waals surface area contributed by atoms with Crippen LogP contribution in [0, 0.1) is 0 Å². The number of hydrogen-bond donors (Lipinski definition) is 3. The van der Waals surface area contributed by atoms with Crippen LogP contribution in [0.4, 0.5) is 11.4 Å². The molecule has 5 rings (SSSR count). The Morgan fingerprint density at radius 1 is 0.647 bits per heavy atom. The fourth-order valence-corrected chi connectivity index (χ4v) is 6.03. The molecule has 0 spiro atoms. The van der Waals surface area contributed by atoms with Crippen molar-refractivity contribution in [3.8, 4) is 23.0 Å². The smallest absolute Gasteiger partial charge is 0.272 e. The lowest BCUT2D eigenvalue weighted by molar-refractivity contribution is -0.116. The third-order valence-electron chi connectivity index (χ3n) is 7.64. The summed E-state index contributed by atoms with van der Waals surface area (Å²) in [4.78, 5) is 41.3. The topological polar surface area (TPSA) is 124 Å². The van der Waals surface area contributed by atoms with Gasteiger partial charge in [-0.1, -0.05) is 48.5 Å².